The van der Waals surface area contributed by atoms with E-state index in [9.17, 15) is 10.1 Å². The Hall–Kier alpha value is -1.69. The quantitative estimate of drug-likeness (QED) is 0.627. The van der Waals surface area contributed by atoms with Crippen LogP contribution < -0.4 is 10.2 Å². The van der Waals surface area contributed by atoms with Crippen molar-refractivity contribution < 1.29 is 4.92 Å². The Balaban J connectivity index is 2.32. The zero-order chi connectivity index (χ0) is 12.3. The van der Waals surface area contributed by atoms with Crippen LogP contribution in [0.1, 0.15) is 13.3 Å². The van der Waals surface area contributed by atoms with Gasteiger partial charge < -0.3 is 10.2 Å². The van der Waals surface area contributed by atoms with Crippen LogP contribution in [0.5, 0.6) is 0 Å². The van der Waals surface area contributed by atoms with Crippen molar-refractivity contribution in [2.24, 2.45) is 0 Å². The van der Waals surface area contributed by atoms with Crippen molar-refractivity contribution in [3.05, 3.63) is 28.6 Å². The third kappa shape index (κ3) is 2.36. The van der Waals surface area contributed by atoms with Crippen LogP contribution in [0.15, 0.2) is 18.5 Å². The van der Waals surface area contributed by atoms with Gasteiger partial charge in [-0.15, -0.1) is 0 Å². The number of nitrogens with zero attached hydrogens (tertiary/aromatic N) is 3. The molecular weight excluding hydrogens is 220 g/mol. The van der Waals surface area contributed by atoms with E-state index < -0.39 is 0 Å². The average molecular weight is 236 g/mol. The van der Waals surface area contributed by atoms with Crippen LogP contribution in [-0.4, -0.2) is 35.6 Å². The molecule has 1 saturated heterocycles. The average Bonchev–Trinajstić information content (AvgIpc) is 2.84. The second kappa shape index (κ2) is 5.09. The van der Waals surface area contributed by atoms with Gasteiger partial charge in [0.2, 0.25) is 0 Å². The third-order valence-corrected chi connectivity index (χ3v) is 3.10. The van der Waals surface area contributed by atoms with Gasteiger partial charge in [-0.3, -0.25) is 15.1 Å². The molecule has 0 aliphatic carbocycles. The summed E-state index contributed by atoms with van der Waals surface area (Å²) >= 11 is 0. The number of nitro groups is 1. The molecule has 1 aliphatic heterocycles. The maximum atomic E-state index is 11.0. The van der Waals surface area contributed by atoms with E-state index in [0.717, 1.165) is 26.1 Å². The molecule has 1 aromatic rings. The highest BCUT2D eigenvalue weighted by Gasteiger charge is 2.26. The van der Waals surface area contributed by atoms with Gasteiger partial charge in [-0.25, -0.2) is 0 Å². The summed E-state index contributed by atoms with van der Waals surface area (Å²) in [7, 11) is 0. The zero-order valence-electron chi connectivity index (χ0n) is 9.80. The fraction of sp³-hybridized carbons (Fsp3) is 0.545. The predicted molar refractivity (Wildman–Crippen MR) is 65.2 cm³/mol. The maximum Gasteiger partial charge on any atom is 0.310 e. The van der Waals surface area contributed by atoms with Gasteiger partial charge in [0.1, 0.15) is 11.9 Å². The van der Waals surface area contributed by atoms with E-state index >= 15 is 0 Å². The minimum atomic E-state index is -0.368. The summed E-state index contributed by atoms with van der Waals surface area (Å²) in [6.45, 7) is 4.63. The first-order valence-electron chi connectivity index (χ1n) is 5.79. The van der Waals surface area contributed by atoms with Crippen LogP contribution in [0.4, 0.5) is 11.4 Å². The molecule has 0 amide bonds. The lowest BCUT2D eigenvalue weighted by atomic mass is 10.2. The second-order valence-electron chi connectivity index (χ2n) is 4.05. The molecule has 2 heterocycles. The summed E-state index contributed by atoms with van der Waals surface area (Å²) in [5.74, 6) is 0. The Bertz CT molecular complexity index is 404. The van der Waals surface area contributed by atoms with Gasteiger partial charge >= 0.3 is 5.69 Å². The second-order valence-corrected chi connectivity index (χ2v) is 4.05. The van der Waals surface area contributed by atoms with Crippen molar-refractivity contribution in [3.63, 3.8) is 0 Å². The van der Waals surface area contributed by atoms with Gasteiger partial charge in [0.05, 0.1) is 4.92 Å². The highest BCUT2D eigenvalue weighted by molar-refractivity contribution is 5.62. The molecule has 1 aromatic heterocycles. The topological polar surface area (TPSA) is 71.3 Å². The van der Waals surface area contributed by atoms with E-state index in [2.05, 4.69) is 15.2 Å². The summed E-state index contributed by atoms with van der Waals surface area (Å²) in [5, 5.41) is 14.3. The highest BCUT2D eigenvalue weighted by Crippen LogP contribution is 2.29. The summed E-state index contributed by atoms with van der Waals surface area (Å²) in [6, 6.07) is 2.06. The molecule has 1 aliphatic rings. The highest BCUT2D eigenvalue weighted by atomic mass is 16.6. The molecule has 0 bridgehead atoms. The number of pyridine rings is 1. The summed E-state index contributed by atoms with van der Waals surface area (Å²) in [5.41, 5.74) is 0.752. The predicted octanol–water partition coefficient (Wildman–Crippen LogP) is 1.18. The molecule has 17 heavy (non-hydrogen) atoms. The Morgan fingerprint density at radius 2 is 2.53 bits per heavy atom. The molecule has 1 N–H and O–H groups in total. The van der Waals surface area contributed by atoms with Crippen molar-refractivity contribution in [2.75, 3.05) is 24.5 Å². The zero-order valence-corrected chi connectivity index (χ0v) is 9.80. The molecule has 0 aromatic carbocycles. The summed E-state index contributed by atoms with van der Waals surface area (Å²) < 4.78 is 0. The number of hydrogen-bond acceptors (Lipinski definition) is 5. The van der Waals surface area contributed by atoms with Crippen molar-refractivity contribution >= 4 is 11.4 Å². The molecular formula is C11H16N4O2. The number of rotatable bonds is 4. The number of likely N-dealkylation sites (N-methyl/N-ethyl adjacent to an activating group) is 1. The van der Waals surface area contributed by atoms with E-state index in [4.69, 9.17) is 0 Å². The number of anilines is 1. The fourth-order valence-corrected chi connectivity index (χ4v) is 2.29. The third-order valence-electron chi connectivity index (χ3n) is 3.10. The molecule has 2 rings (SSSR count). The molecule has 92 valence electrons. The molecule has 0 radical (unpaired) electrons. The molecule has 1 unspecified atom stereocenters. The number of hydrogen-bond donors (Lipinski definition) is 1. The van der Waals surface area contributed by atoms with E-state index in [-0.39, 0.29) is 10.6 Å². The van der Waals surface area contributed by atoms with Crippen LogP contribution in [0, 0.1) is 10.1 Å². The SMILES string of the molecule is CCN(c1ccncc1[N+](=O)[O-])C1CCNC1. The standard InChI is InChI=1S/C11H16N4O2/c1-2-14(9-3-5-12-7-9)10-4-6-13-8-11(10)15(16)17/h4,6,8-9,12H,2-3,5,7H2,1H3. The first-order valence-corrected chi connectivity index (χ1v) is 5.79. The number of nitrogens with one attached hydrogen (secondary N) is 1. The normalized spacial score (nSPS) is 19.2. The Kier molecular flexibility index (Phi) is 3.53. The van der Waals surface area contributed by atoms with E-state index in [1.807, 2.05) is 6.92 Å². The Labute approximate surface area is 99.8 Å². The van der Waals surface area contributed by atoms with E-state index in [1.54, 1.807) is 12.3 Å². The minimum absolute atomic E-state index is 0.0845. The van der Waals surface area contributed by atoms with Gasteiger partial charge in [0.15, 0.2) is 0 Å². The van der Waals surface area contributed by atoms with Crippen LogP contribution in [0.3, 0.4) is 0 Å². The van der Waals surface area contributed by atoms with Crippen LogP contribution in [0.2, 0.25) is 0 Å². The van der Waals surface area contributed by atoms with Gasteiger partial charge in [-0.2, -0.15) is 0 Å². The lowest BCUT2D eigenvalue weighted by Gasteiger charge is -2.28. The first-order chi connectivity index (χ1) is 8.24. The Morgan fingerprint density at radius 3 is 3.12 bits per heavy atom. The van der Waals surface area contributed by atoms with Crippen molar-refractivity contribution in [1.82, 2.24) is 10.3 Å². The van der Waals surface area contributed by atoms with E-state index in [0.29, 0.717) is 11.7 Å². The lowest BCUT2D eigenvalue weighted by Crippen LogP contribution is -2.37. The van der Waals surface area contributed by atoms with E-state index in [1.165, 1.54) is 6.20 Å². The molecule has 1 atom stereocenters. The fourth-order valence-electron chi connectivity index (χ4n) is 2.29. The Morgan fingerprint density at radius 1 is 1.71 bits per heavy atom. The van der Waals surface area contributed by atoms with Crippen molar-refractivity contribution in [1.29, 1.82) is 0 Å². The maximum absolute atomic E-state index is 11.0. The van der Waals surface area contributed by atoms with Gasteiger partial charge in [-0.1, -0.05) is 0 Å². The molecule has 0 spiro atoms. The van der Waals surface area contributed by atoms with Crippen molar-refractivity contribution in [2.45, 2.75) is 19.4 Å². The summed E-state index contributed by atoms with van der Waals surface area (Å²) in [4.78, 5) is 16.5. The number of aromatic nitrogens is 1. The lowest BCUT2D eigenvalue weighted by molar-refractivity contribution is -0.384. The van der Waals surface area contributed by atoms with Gasteiger partial charge in [0, 0.05) is 25.3 Å². The van der Waals surface area contributed by atoms with Crippen molar-refractivity contribution in [3.8, 4) is 0 Å². The molecule has 6 nitrogen and oxygen atoms in total. The van der Waals surface area contributed by atoms with Crippen LogP contribution >= 0.6 is 0 Å². The summed E-state index contributed by atoms with van der Waals surface area (Å²) in [6.07, 6.45) is 3.95. The van der Waals surface area contributed by atoms with Crippen LogP contribution in [0.25, 0.3) is 0 Å². The largest absolute Gasteiger partial charge is 0.362 e. The van der Waals surface area contributed by atoms with Crippen LogP contribution in [-0.2, 0) is 0 Å². The van der Waals surface area contributed by atoms with Gasteiger partial charge in [0.25, 0.3) is 0 Å². The molecule has 1 fully saturated rings. The van der Waals surface area contributed by atoms with Gasteiger partial charge in [-0.05, 0) is 26.0 Å². The first kappa shape index (κ1) is 11.8. The monoisotopic (exact) mass is 236 g/mol. The molecule has 6 heteroatoms. The minimum Gasteiger partial charge on any atom is -0.362 e. The molecule has 0 saturated carbocycles. The smallest absolute Gasteiger partial charge is 0.310 e.